The highest BCUT2D eigenvalue weighted by molar-refractivity contribution is 7.13. The van der Waals surface area contributed by atoms with Gasteiger partial charge in [-0.05, 0) is 54.9 Å². The molecule has 2 N–H and O–H groups in total. The zero-order valence-corrected chi connectivity index (χ0v) is 14.5. The molecular formula is C19H23NO3S. The minimum atomic E-state index is -0.766. The summed E-state index contributed by atoms with van der Waals surface area (Å²) in [5.41, 5.74) is 1.78. The molecule has 1 aliphatic heterocycles. The fourth-order valence-corrected chi connectivity index (χ4v) is 4.31. The molecule has 24 heavy (non-hydrogen) atoms. The van der Waals surface area contributed by atoms with E-state index in [1.54, 1.807) is 11.3 Å². The van der Waals surface area contributed by atoms with Gasteiger partial charge in [-0.3, -0.25) is 9.69 Å². The van der Waals surface area contributed by atoms with Crippen LogP contribution in [0.1, 0.15) is 24.8 Å². The monoisotopic (exact) mass is 345 g/mol. The zero-order valence-electron chi connectivity index (χ0n) is 13.6. The first kappa shape index (κ1) is 17.1. The Balaban J connectivity index is 1.61. The summed E-state index contributed by atoms with van der Waals surface area (Å²) in [6.45, 7) is 2.33. The van der Waals surface area contributed by atoms with Crippen molar-refractivity contribution in [1.29, 1.82) is 0 Å². The van der Waals surface area contributed by atoms with Crippen LogP contribution in [0, 0.1) is 5.41 Å². The summed E-state index contributed by atoms with van der Waals surface area (Å²) >= 11 is 1.75. The summed E-state index contributed by atoms with van der Waals surface area (Å²) in [5, 5.41) is 20.9. The number of aliphatic hydroxyl groups excluding tert-OH is 1. The molecule has 3 rings (SSSR count). The maximum atomic E-state index is 11.6. The van der Waals surface area contributed by atoms with E-state index in [-0.39, 0.29) is 6.61 Å². The number of aliphatic hydroxyl groups is 1. The number of hydrogen-bond donors (Lipinski definition) is 2. The molecule has 0 saturated carbocycles. The second-order valence-electron chi connectivity index (χ2n) is 6.52. The molecule has 2 aromatic rings. The number of benzene rings is 1. The quantitative estimate of drug-likeness (QED) is 0.842. The lowest BCUT2D eigenvalue weighted by atomic mass is 9.76. The van der Waals surface area contributed by atoms with Crippen LogP contribution in [-0.2, 0) is 11.3 Å². The molecule has 1 aromatic heterocycles. The molecule has 0 amide bonds. The van der Waals surface area contributed by atoms with Gasteiger partial charge >= 0.3 is 5.97 Å². The van der Waals surface area contributed by atoms with Crippen molar-refractivity contribution in [2.75, 3.05) is 19.7 Å². The van der Waals surface area contributed by atoms with Gasteiger partial charge in [0, 0.05) is 18.0 Å². The molecule has 0 radical (unpaired) electrons. The summed E-state index contributed by atoms with van der Waals surface area (Å²) in [6.07, 6.45) is 1.57. The van der Waals surface area contributed by atoms with Gasteiger partial charge in [0.2, 0.25) is 0 Å². The zero-order chi connectivity index (χ0) is 17.0. The average Bonchev–Trinajstić information content (AvgIpc) is 3.06. The van der Waals surface area contributed by atoms with E-state index in [4.69, 9.17) is 5.11 Å². The second-order valence-corrected chi connectivity index (χ2v) is 7.43. The highest BCUT2D eigenvalue weighted by atomic mass is 32.1. The standard InChI is InChI=1S/C19H23NO3S/c21-11-8-19(18(22)23)6-9-20(10-7-19)13-15-12-17(24-14-15)16-4-2-1-3-5-16/h1-5,12,14,21H,6-11,13H2,(H,22,23). The normalized spacial score (nSPS) is 17.7. The Morgan fingerprint density at radius 2 is 1.92 bits per heavy atom. The summed E-state index contributed by atoms with van der Waals surface area (Å²) < 4.78 is 0. The van der Waals surface area contributed by atoms with Gasteiger partial charge in [-0.2, -0.15) is 0 Å². The fourth-order valence-electron chi connectivity index (χ4n) is 3.39. The summed E-state index contributed by atoms with van der Waals surface area (Å²) in [5.74, 6) is -0.766. The van der Waals surface area contributed by atoms with Crippen molar-refractivity contribution in [1.82, 2.24) is 4.90 Å². The van der Waals surface area contributed by atoms with Crippen molar-refractivity contribution in [3.05, 3.63) is 47.3 Å². The lowest BCUT2D eigenvalue weighted by molar-refractivity contribution is -0.153. The molecule has 0 bridgehead atoms. The van der Waals surface area contributed by atoms with E-state index in [1.165, 1.54) is 16.0 Å². The van der Waals surface area contributed by atoms with Crippen molar-refractivity contribution < 1.29 is 15.0 Å². The van der Waals surface area contributed by atoms with Crippen molar-refractivity contribution in [2.24, 2.45) is 5.41 Å². The second kappa shape index (κ2) is 7.47. The molecule has 2 heterocycles. The van der Waals surface area contributed by atoms with Crippen LogP contribution in [0.25, 0.3) is 10.4 Å². The minimum absolute atomic E-state index is 0.0583. The van der Waals surface area contributed by atoms with Gasteiger partial charge in [0.05, 0.1) is 5.41 Å². The van der Waals surface area contributed by atoms with Gasteiger partial charge in [-0.15, -0.1) is 11.3 Å². The molecule has 1 aromatic carbocycles. The van der Waals surface area contributed by atoms with E-state index in [1.807, 2.05) is 18.2 Å². The van der Waals surface area contributed by atoms with E-state index >= 15 is 0 Å². The Kier molecular flexibility index (Phi) is 5.33. The number of piperidine rings is 1. The van der Waals surface area contributed by atoms with Crippen LogP contribution in [0.2, 0.25) is 0 Å². The van der Waals surface area contributed by atoms with E-state index in [0.717, 1.165) is 19.6 Å². The Morgan fingerprint density at radius 1 is 1.21 bits per heavy atom. The van der Waals surface area contributed by atoms with Gasteiger partial charge in [0.1, 0.15) is 0 Å². The number of carboxylic acid groups (broad SMARTS) is 1. The highest BCUT2D eigenvalue weighted by Crippen LogP contribution is 2.36. The van der Waals surface area contributed by atoms with Crippen molar-refractivity contribution in [3.63, 3.8) is 0 Å². The smallest absolute Gasteiger partial charge is 0.309 e. The first-order chi connectivity index (χ1) is 11.6. The molecule has 4 nitrogen and oxygen atoms in total. The van der Waals surface area contributed by atoms with Gasteiger partial charge in [0.25, 0.3) is 0 Å². The van der Waals surface area contributed by atoms with Gasteiger partial charge in [-0.1, -0.05) is 30.3 Å². The van der Waals surface area contributed by atoms with Gasteiger partial charge in [-0.25, -0.2) is 0 Å². The SMILES string of the molecule is O=C(O)C1(CCO)CCN(Cc2csc(-c3ccccc3)c2)CC1. The van der Waals surface area contributed by atoms with Crippen LogP contribution in [0.5, 0.6) is 0 Å². The third-order valence-corrected chi connectivity index (χ3v) is 6.00. The van der Waals surface area contributed by atoms with E-state index in [0.29, 0.717) is 19.3 Å². The average molecular weight is 345 g/mol. The summed E-state index contributed by atoms with van der Waals surface area (Å²) in [4.78, 5) is 15.1. The Morgan fingerprint density at radius 3 is 2.54 bits per heavy atom. The molecule has 128 valence electrons. The summed E-state index contributed by atoms with van der Waals surface area (Å²) in [6, 6.07) is 12.6. The molecule has 1 fully saturated rings. The van der Waals surface area contributed by atoms with Crippen molar-refractivity contribution in [3.8, 4) is 10.4 Å². The fraction of sp³-hybridized carbons (Fsp3) is 0.421. The predicted octanol–water partition coefficient (Wildman–Crippen LogP) is 3.46. The van der Waals surface area contributed by atoms with Crippen LogP contribution in [0.15, 0.2) is 41.8 Å². The molecule has 0 aliphatic carbocycles. The maximum absolute atomic E-state index is 11.6. The van der Waals surface area contributed by atoms with Gasteiger partial charge in [0.15, 0.2) is 0 Å². The van der Waals surface area contributed by atoms with Crippen LogP contribution >= 0.6 is 11.3 Å². The van der Waals surface area contributed by atoms with E-state index in [9.17, 15) is 9.90 Å². The Hall–Kier alpha value is -1.69. The molecule has 1 aliphatic rings. The number of carbonyl (C=O) groups is 1. The number of nitrogens with zero attached hydrogens (tertiary/aromatic N) is 1. The molecule has 5 heteroatoms. The first-order valence-electron chi connectivity index (χ1n) is 8.32. The van der Waals surface area contributed by atoms with Gasteiger partial charge < -0.3 is 10.2 Å². The largest absolute Gasteiger partial charge is 0.481 e. The van der Waals surface area contributed by atoms with Crippen LogP contribution in [-0.4, -0.2) is 40.8 Å². The predicted molar refractivity (Wildman–Crippen MR) is 96.0 cm³/mol. The number of carboxylic acids is 1. The maximum Gasteiger partial charge on any atom is 0.309 e. The van der Waals surface area contributed by atoms with Crippen molar-refractivity contribution in [2.45, 2.75) is 25.8 Å². The van der Waals surface area contributed by atoms with Crippen LogP contribution in [0.3, 0.4) is 0 Å². The summed E-state index contributed by atoms with van der Waals surface area (Å²) in [7, 11) is 0. The highest BCUT2D eigenvalue weighted by Gasteiger charge is 2.40. The Bertz CT molecular complexity index is 675. The number of hydrogen-bond acceptors (Lipinski definition) is 4. The third kappa shape index (κ3) is 3.69. The lowest BCUT2D eigenvalue weighted by Crippen LogP contribution is -2.44. The number of rotatable bonds is 6. The third-order valence-electron chi connectivity index (χ3n) is 4.98. The Labute approximate surface area is 146 Å². The molecule has 1 saturated heterocycles. The van der Waals surface area contributed by atoms with Crippen molar-refractivity contribution >= 4 is 17.3 Å². The van der Waals surface area contributed by atoms with Crippen LogP contribution in [0.4, 0.5) is 0 Å². The molecule has 0 unspecified atom stereocenters. The molecular weight excluding hydrogens is 322 g/mol. The lowest BCUT2D eigenvalue weighted by Gasteiger charge is -2.38. The van der Waals surface area contributed by atoms with E-state index in [2.05, 4.69) is 28.5 Å². The first-order valence-corrected chi connectivity index (χ1v) is 9.20. The molecule has 0 spiro atoms. The number of likely N-dealkylation sites (tertiary alicyclic amines) is 1. The van der Waals surface area contributed by atoms with Crippen LogP contribution < -0.4 is 0 Å². The minimum Gasteiger partial charge on any atom is -0.481 e. The topological polar surface area (TPSA) is 60.8 Å². The molecule has 0 atom stereocenters. The number of aliphatic carboxylic acids is 1. The van der Waals surface area contributed by atoms with E-state index < -0.39 is 11.4 Å². The number of thiophene rings is 1.